The quantitative estimate of drug-likeness (QED) is 0.124. The van der Waals surface area contributed by atoms with E-state index in [4.69, 9.17) is 10.6 Å². The predicted molar refractivity (Wildman–Crippen MR) is 255 cm³/mol. The molecule has 0 amide bonds. The molecule has 0 radical (unpaired) electrons. The molecule has 0 bridgehead atoms. The van der Waals surface area contributed by atoms with Gasteiger partial charge < -0.3 is 30.6 Å². The summed E-state index contributed by atoms with van der Waals surface area (Å²) in [6, 6.07) is 24.9. The molecule has 0 aliphatic rings. The number of anilines is 2. The van der Waals surface area contributed by atoms with E-state index in [0.29, 0.717) is 11.4 Å². The molecule has 59 heavy (non-hydrogen) atoms. The summed E-state index contributed by atoms with van der Waals surface area (Å²) in [4.78, 5) is 4.79. The molecule has 0 spiro atoms. The summed E-state index contributed by atoms with van der Waals surface area (Å²) in [6.07, 6.45) is 4.36. The first-order valence-electron chi connectivity index (χ1n) is 21.8. The van der Waals surface area contributed by atoms with E-state index in [9.17, 15) is 10.2 Å². The fraction of sp³-hybridized carbons (Fsp3) is 0.538. The molecular formula is C52H78N4NiO2. The van der Waals surface area contributed by atoms with E-state index >= 15 is 0 Å². The second-order valence-electron chi connectivity index (χ2n) is 20.0. The molecule has 0 unspecified atom stereocenters. The average molecular weight is 850 g/mol. The van der Waals surface area contributed by atoms with Crippen LogP contribution in [0.5, 0.6) is 11.5 Å². The fourth-order valence-electron chi connectivity index (χ4n) is 7.12. The van der Waals surface area contributed by atoms with E-state index in [2.05, 4.69) is 157 Å². The molecule has 0 atom stereocenters. The summed E-state index contributed by atoms with van der Waals surface area (Å²) in [6.45, 7) is 38.9. The van der Waals surface area contributed by atoms with Gasteiger partial charge in [0.25, 0.3) is 0 Å². The minimum Gasteiger partial charge on any atom is -0.653 e. The molecule has 328 valence electrons. The smallest absolute Gasteiger partial charge is 0.653 e. The van der Waals surface area contributed by atoms with Crippen molar-refractivity contribution in [2.24, 2.45) is 0 Å². The molecule has 0 aliphatic heterocycles. The van der Waals surface area contributed by atoms with E-state index in [-0.39, 0.29) is 49.7 Å². The van der Waals surface area contributed by atoms with E-state index in [1.807, 2.05) is 36.4 Å². The molecule has 2 N–H and O–H groups in total. The third kappa shape index (κ3) is 14.1. The van der Waals surface area contributed by atoms with Crippen LogP contribution in [0.15, 0.2) is 72.8 Å². The Balaban J connectivity index is 0.000000400. The Bertz CT molecular complexity index is 1760. The first-order chi connectivity index (χ1) is 27.0. The second-order valence-corrected chi connectivity index (χ2v) is 20.0. The van der Waals surface area contributed by atoms with Crippen LogP contribution >= 0.6 is 0 Å². The Kier molecular flexibility index (Phi) is 18.8. The van der Waals surface area contributed by atoms with Gasteiger partial charge in [-0.2, -0.15) is 0 Å². The zero-order valence-corrected chi connectivity index (χ0v) is 40.6. The van der Waals surface area contributed by atoms with Gasteiger partial charge in [-0.05, 0) is 81.7 Å². The summed E-state index contributed by atoms with van der Waals surface area (Å²) >= 11 is 0. The van der Waals surface area contributed by atoms with Crippen molar-refractivity contribution in [1.29, 1.82) is 0 Å². The summed E-state index contributed by atoms with van der Waals surface area (Å²) in [7, 11) is 0. The number of phenols is 2. The van der Waals surface area contributed by atoms with Crippen molar-refractivity contribution in [3.8, 4) is 11.5 Å². The zero-order valence-electron chi connectivity index (χ0n) is 39.6. The van der Waals surface area contributed by atoms with Crippen molar-refractivity contribution < 1.29 is 26.7 Å². The standard InChI is InChI=1S/2C26H39N2O.Ni/c2*1-9-15-28(16-10-2)23-14-12-11-13-21(23)27-22-18-19(25(3,4)5)17-20(24(22)29)26(6,7)8;/h2*11-14,17-18,29H,9-10,15-16H2,1-8H3;/q2*-1;+2. The Morgan fingerprint density at radius 1 is 0.424 bits per heavy atom. The maximum atomic E-state index is 11.1. The molecule has 4 aromatic rings. The molecular weight excluding hydrogens is 771 g/mol. The van der Waals surface area contributed by atoms with Crippen LogP contribution in [0.3, 0.4) is 0 Å². The summed E-state index contributed by atoms with van der Waals surface area (Å²) in [5.74, 6) is 0.579. The molecule has 4 aromatic carbocycles. The van der Waals surface area contributed by atoms with Gasteiger partial charge in [-0.15, -0.1) is 11.4 Å². The molecule has 0 saturated carbocycles. The fourth-order valence-corrected chi connectivity index (χ4v) is 7.12. The Morgan fingerprint density at radius 2 is 0.712 bits per heavy atom. The van der Waals surface area contributed by atoms with Gasteiger partial charge in [0.1, 0.15) is 11.5 Å². The van der Waals surface area contributed by atoms with Crippen molar-refractivity contribution >= 4 is 34.1 Å². The van der Waals surface area contributed by atoms with Crippen molar-refractivity contribution in [1.82, 2.24) is 0 Å². The van der Waals surface area contributed by atoms with Gasteiger partial charge in [-0.25, -0.2) is 0 Å². The number of phenolic OH excluding ortho intramolecular Hbond substituents is 2. The number of hydrogen-bond acceptors (Lipinski definition) is 4. The van der Waals surface area contributed by atoms with Crippen molar-refractivity contribution in [3.05, 3.63) is 106 Å². The molecule has 0 saturated heterocycles. The molecule has 0 heterocycles. The SMILES string of the molecule is CCCN(CCC)c1ccccc1[N-]c1cc(C(C)(C)C)cc(C(C)(C)C)c1O.CCCN(CCC)c1ccccc1[N-]c1cc(C(C)(C)C)cc(C(C)(C)C)c1O.[Ni+2]. The van der Waals surface area contributed by atoms with Gasteiger partial charge in [0.15, 0.2) is 0 Å². The number of nitrogens with zero attached hydrogens (tertiary/aromatic N) is 4. The van der Waals surface area contributed by atoms with Crippen LogP contribution in [0.25, 0.3) is 10.6 Å². The zero-order chi connectivity index (χ0) is 43.6. The largest absolute Gasteiger partial charge is 2.00 e. The Labute approximate surface area is 370 Å². The van der Waals surface area contributed by atoms with Gasteiger partial charge in [0.05, 0.1) is 0 Å². The second kappa shape index (κ2) is 21.6. The number of para-hydroxylation sites is 4. The van der Waals surface area contributed by atoms with Gasteiger partial charge in [0, 0.05) is 37.6 Å². The van der Waals surface area contributed by atoms with Crippen LogP contribution < -0.4 is 9.80 Å². The summed E-state index contributed by atoms with van der Waals surface area (Å²) < 4.78 is 0. The maximum Gasteiger partial charge on any atom is 2.00 e. The number of aromatic hydroxyl groups is 2. The molecule has 0 aromatic heterocycles. The van der Waals surface area contributed by atoms with Gasteiger partial charge >= 0.3 is 16.5 Å². The van der Waals surface area contributed by atoms with Crippen LogP contribution in [0.1, 0.15) is 159 Å². The topological polar surface area (TPSA) is 75.1 Å². The Hall–Kier alpha value is -3.83. The summed E-state index contributed by atoms with van der Waals surface area (Å²) in [5.41, 5.74) is 9.31. The van der Waals surface area contributed by atoms with Crippen LogP contribution in [-0.2, 0) is 38.2 Å². The van der Waals surface area contributed by atoms with E-state index in [1.54, 1.807) is 0 Å². The molecule has 4 rings (SSSR count). The average Bonchev–Trinajstić information content (AvgIpc) is 3.12. The molecule has 6 nitrogen and oxygen atoms in total. The van der Waals surface area contributed by atoms with Gasteiger partial charge in [-0.3, -0.25) is 0 Å². The number of benzene rings is 4. The molecule has 7 heteroatoms. The summed E-state index contributed by atoms with van der Waals surface area (Å²) in [5, 5.41) is 32.2. The van der Waals surface area contributed by atoms with Gasteiger partial charge in [-0.1, -0.05) is 183 Å². The van der Waals surface area contributed by atoms with Crippen LogP contribution in [0.4, 0.5) is 34.1 Å². The first kappa shape index (κ1) is 51.3. The van der Waals surface area contributed by atoms with Crippen LogP contribution in [-0.4, -0.2) is 36.4 Å². The minimum atomic E-state index is -0.161. The third-order valence-electron chi connectivity index (χ3n) is 10.4. The van der Waals surface area contributed by atoms with E-state index < -0.39 is 0 Å². The van der Waals surface area contributed by atoms with Crippen LogP contribution in [0.2, 0.25) is 0 Å². The monoisotopic (exact) mass is 849 g/mol. The Morgan fingerprint density at radius 3 is 0.966 bits per heavy atom. The maximum absolute atomic E-state index is 11.1. The van der Waals surface area contributed by atoms with Gasteiger partial charge in [0.2, 0.25) is 0 Å². The normalized spacial score (nSPS) is 11.9. The van der Waals surface area contributed by atoms with Crippen molar-refractivity contribution in [2.45, 2.75) is 158 Å². The van der Waals surface area contributed by atoms with Crippen molar-refractivity contribution in [2.75, 3.05) is 36.0 Å². The third-order valence-corrected chi connectivity index (χ3v) is 10.4. The van der Waals surface area contributed by atoms with E-state index in [0.717, 1.165) is 85.7 Å². The van der Waals surface area contributed by atoms with E-state index in [1.165, 1.54) is 11.1 Å². The molecule has 0 fully saturated rings. The first-order valence-corrected chi connectivity index (χ1v) is 21.8. The van der Waals surface area contributed by atoms with Crippen LogP contribution in [0, 0.1) is 0 Å². The number of rotatable bonds is 14. The predicted octanol–water partition coefficient (Wildman–Crippen LogP) is 15.9. The minimum absolute atomic E-state index is 0. The number of hydrogen-bond donors (Lipinski definition) is 2. The molecule has 0 aliphatic carbocycles. The van der Waals surface area contributed by atoms with Crippen molar-refractivity contribution in [3.63, 3.8) is 0 Å².